The molecule has 0 aliphatic heterocycles. The van der Waals surface area contributed by atoms with Gasteiger partial charge in [0, 0.05) is 23.6 Å². The molecule has 0 aliphatic carbocycles. The molecule has 1 amide bonds. The van der Waals surface area contributed by atoms with Crippen molar-refractivity contribution in [2.45, 2.75) is 26.3 Å². The van der Waals surface area contributed by atoms with E-state index in [2.05, 4.69) is 20.6 Å². The number of carbonyl (C=O) groups excluding carboxylic acids is 1. The fraction of sp³-hybridized carbons (Fsp3) is 0.267. The molecule has 6 heteroatoms. The van der Waals surface area contributed by atoms with Crippen molar-refractivity contribution in [3.05, 3.63) is 48.0 Å². The second kappa shape index (κ2) is 5.87. The van der Waals surface area contributed by atoms with Crippen LogP contribution in [0.15, 0.2) is 36.7 Å². The Morgan fingerprint density at radius 2 is 1.67 bits per heavy atom. The standard InChI is InChI=1S/C15H17FN4O/c1-15(2,3)20-13(21)10-8-17-14(18-9-10)19-12-6-4-11(16)5-7-12/h4-9H,1-3H3,(H,20,21)(H,17,18,19). The molecular weight excluding hydrogens is 271 g/mol. The number of rotatable bonds is 3. The highest BCUT2D eigenvalue weighted by Gasteiger charge is 2.15. The van der Waals surface area contributed by atoms with Crippen LogP contribution in [0.4, 0.5) is 16.0 Å². The van der Waals surface area contributed by atoms with Gasteiger partial charge in [-0.15, -0.1) is 0 Å². The fourth-order valence-corrected chi connectivity index (χ4v) is 1.58. The Balaban J connectivity index is 2.05. The summed E-state index contributed by atoms with van der Waals surface area (Å²) < 4.78 is 12.8. The van der Waals surface area contributed by atoms with E-state index in [1.807, 2.05) is 20.8 Å². The van der Waals surface area contributed by atoms with Gasteiger partial charge >= 0.3 is 0 Å². The van der Waals surface area contributed by atoms with Crippen molar-refractivity contribution in [1.82, 2.24) is 15.3 Å². The van der Waals surface area contributed by atoms with Gasteiger partial charge in [0.05, 0.1) is 5.56 Å². The Morgan fingerprint density at radius 1 is 1.10 bits per heavy atom. The number of hydrogen-bond donors (Lipinski definition) is 2. The summed E-state index contributed by atoms with van der Waals surface area (Å²) in [5.74, 6) is -0.194. The summed E-state index contributed by atoms with van der Waals surface area (Å²) in [6, 6.07) is 5.85. The number of carbonyl (C=O) groups is 1. The number of benzene rings is 1. The minimum Gasteiger partial charge on any atom is -0.347 e. The van der Waals surface area contributed by atoms with E-state index in [4.69, 9.17) is 0 Å². The molecular formula is C15H17FN4O. The normalized spacial score (nSPS) is 11.0. The molecule has 1 aromatic heterocycles. The maximum Gasteiger partial charge on any atom is 0.254 e. The molecule has 0 unspecified atom stereocenters. The lowest BCUT2D eigenvalue weighted by molar-refractivity contribution is 0.0919. The second-order valence-electron chi connectivity index (χ2n) is 5.63. The summed E-state index contributed by atoms with van der Waals surface area (Å²) in [7, 11) is 0. The number of nitrogens with one attached hydrogen (secondary N) is 2. The molecule has 1 aromatic carbocycles. The van der Waals surface area contributed by atoms with Gasteiger partial charge in [-0.3, -0.25) is 4.79 Å². The number of nitrogens with zero attached hydrogens (tertiary/aromatic N) is 2. The first kappa shape index (κ1) is 14.9. The first-order chi connectivity index (χ1) is 9.83. The van der Waals surface area contributed by atoms with E-state index in [0.29, 0.717) is 17.2 Å². The smallest absolute Gasteiger partial charge is 0.254 e. The van der Waals surface area contributed by atoms with Crippen molar-refractivity contribution in [1.29, 1.82) is 0 Å². The predicted octanol–water partition coefficient (Wildman–Crippen LogP) is 2.89. The molecule has 2 rings (SSSR count). The Bertz CT molecular complexity index is 618. The molecule has 21 heavy (non-hydrogen) atoms. The van der Waals surface area contributed by atoms with Crippen LogP contribution in [0, 0.1) is 5.82 Å². The highest BCUT2D eigenvalue weighted by atomic mass is 19.1. The van der Waals surface area contributed by atoms with E-state index in [9.17, 15) is 9.18 Å². The summed E-state index contributed by atoms with van der Waals surface area (Å²) in [6.07, 6.45) is 2.89. The van der Waals surface area contributed by atoms with E-state index in [-0.39, 0.29) is 17.3 Å². The zero-order chi connectivity index (χ0) is 15.5. The molecule has 0 spiro atoms. The number of anilines is 2. The maximum absolute atomic E-state index is 12.8. The van der Waals surface area contributed by atoms with Crippen LogP contribution in [-0.4, -0.2) is 21.4 Å². The van der Waals surface area contributed by atoms with Crippen molar-refractivity contribution < 1.29 is 9.18 Å². The minimum absolute atomic E-state index is 0.226. The summed E-state index contributed by atoms with van der Waals surface area (Å²) in [4.78, 5) is 20.1. The lowest BCUT2D eigenvalue weighted by Gasteiger charge is -2.20. The third-order valence-electron chi connectivity index (χ3n) is 2.50. The topological polar surface area (TPSA) is 66.9 Å². The van der Waals surface area contributed by atoms with Crippen molar-refractivity contribution in [3.8, 4) is 0 Å². The van der Waals surface area contributed by atoms with Gasteiger partial charge in [-0.25, -0.2) is 14.4 Å². The van der Waals surface area contributed by atoms with Crippen LogP contribution in [0.2, 0.25) is 0 Å². The van der Waals surface area contributed by atoms with E-state index >= 15 is 0 Å². The van der Waals surface area contributed by atoms with E-state index in [1.54, 1.807) is 12.1 Å². The first-order valence-electron chi connectivity index (χ1n) is 6.51. The molecule has 0 bridgehead atoms. The zero-order valence-electron chi connectivity index (χ0n) is 12.1. The van der Waals surface area contributed by atoms with E-state index < -0.39 is 0 Å². The number of halogens is 1. The van der Waals surface area contributed by atoms with Gasteiger partial charge in [0.25, 0.3) is 5.91 Å². The molecule has 0 saturated carbocycles. The molecule has 1 heterocycles. The van der Waals surface area contributed by atoms with Gasteiger partial charge in [0.1, 0.15) is 5.82 Å². The molecule has 2 N–H and O–H groups in total. The third kappa shape index (κ3) is 4.52. The van der Waals surface area contributed by atoms with Crippen LogP contribution in [0.3, 0.4) is 0 Å². The number of amides is 1. The third-order valence-corrected chi connectivity index (χ3v) is 2.50. The summed E-state index contributed by atoms with van der Waals surface area (Å²) in [5.41, 5.74) is 0.736. The Morgan fingerprint density at radius 3 is 2.19 bits per heavy atom. The van der Waals surface area contributed by atoms with E-state index in [1.165, 1.54) is 24.5 Å². The molecule has 0 atom stereocenters. The van der Waals surface area contributed by atoms with Gasteiger partial charge in [-0.05, 0) is 45.0 Å². The summed E-state index contributed by atoms with van der Waals surface area (Å²) in [6.45, 7) is 5.70. The van der Waals surface area contributed by atoms with Gasteiger partial charge < -0.3 is 10.6 Å². The van der Waals surface area contributed by atoms with Crippen LogP contribution < -0.4 is 10.6 Å². The lowest BCUT2D eigenvalue weighted by Crippen LogP contribution is -2.40. The molecule has 2 aromatic rings. The van der Waals surface area contributed by atoms with Crippen molar-refractivity contribution >= 4 is 17.5 Å². The first-order valence-corrected chi connectivity index (χ1v) is 6.51. The summed E-state index contributed by atoms with van der Waals surface area (Å²) >= 11 is 0. The van der Waals surface area contributed by atoms with Crippen LogP contribution in [0.25, 0.3) is 0 Å². The zero-order valence-corrected chi connectivity index (χ0v) is 12.1. The highest BCUT2D eigenvalue weighted by Crippen LogP contribution is 2.13. The minimum atomic E-state index is -0.317. The highest BCUT2D eigenvalue weighted by molar-refractivity contribution is 5.94. The van der Waals surface area contributed by atoms with Crippen molar-refractivity contribution in [2.75, 3.05) is 5.32 Å². The monoisotopic (exact) mass is 288 g/mol. The molecule has 0 aliphatic rings. The van der Waals surface area contributed by atoms with E-state index in [0.717, 1.165) is 0 Å². The van der Waals surface area contributed by atoms with Crippen molar-refractivity contribution in [2.24, 2.45) is 0 Å². The molecule has 0 radical (unpaired) electrons. The Kier molecular flexibility index (Phi) is 4.16. The van der Waals surface area contributed by atoms with Gasteiger partial charge in [0.2, 0.25) is 5.95 Å². The Labute approximate surface area is 122 Å². The van der Waals surface area contributed by atoms with Crippen LogP contribution in [0.5, 0.6) is 0 Å². The van der Waals surface area contributed by atoms with Gasteiger partial charge in [-0.2, -0.15) is 0 Å². The number of aromatic nitrogens is 2. The van der Waals surface area contributed by atoms with Crippen LogP contribution >= 0.6 is 0 Å². The molecule has 110 valence electrons. The summed E-state index contributed by atoms with van der Waals surface area (Å²) in [5, 5.41) is 5.75. The SMILES string of the molecule is CC(C)(C)NC(=O)c1cnc(Nc2ccc(F)cc2)nc1. The number of hydrogen-bond acceptors (Lipinski definition) is 4. The molecule has 5 nitrogen and oxygen atoms in total. The van der Waals surface area contributed by atoms with Gasteiger partial charge in [-0.1, -0.05) is 0 Å². The van der Waals surface area contributed by atoms with Crippen LogP contribution in [0.1, 0.15) is 31.1 Å². The Hall–Kier alpha value is -2.50. The maximum atomic E-state index is 12.8. The second-order valence-corrected chi connectivity index (χ2v) is 5.63. The molecule has 0 saturated heterocycles. The van der Waals surface area contributed by atoms with Crippen LogP contribution in [-0.2, 0) is 0 Å². The lowest BCUT2D eigenvalue weighted by atomic mass is 10.1. The van der Waals surface area contributed by atoms with Crippen molar-refractivity contribution in [3.63, 3.8) is 0 Å². The van der Waals surface area contributed by atoms with Gasteiger partial charge in [0.15, 0.2) is 0 Å². The predicted molar refractivity (Wildman–Crippen MR) is 78.9 cm³/mol. The largest absolute Gasteiger partial charge is 0.347 e. The molecule has 0 fully saturated rings. The quantitative estimate of drug-likeness (QED) is 0.911. The fourth-order valence-electron chi connectivity index (χ4n) is 1.58. The average Bonchev–Trinajstić information content (AvgIpc) is 2.40. The average molecular weight is 288 g/mol.